The van der Waals surface area contributed by atoms with E-state index in [4.69, 9.17) is 0 Å². The molecule has 0 aliphatic carbocycles. The van der Waals surface area contributed by atoms with Gasteiger partial charge in [-0.25, -0.2) is 12.8 Å². The Labute approximate surface area is 175 Å². The van der Waals surface area contributed by atoms with Gasteiger partial charge in [-0.3, -0.25) is 9.10 Å². The highest BCUT2D eigenvalue weighted by molar-refractivity contribution is 7.92. The molecular weight excluding hydrogens is 403 g/mol. The molecule has 1 aliphatic rings. The van der Waals surface area contributed by atoms with E-state index in [2.05, 4.69) is 5.32 Å². The fraction of sp³-hybridized carbons (Fsp3) is 0.174. The molecule has 30 heavy (non-hydrogen) atoms. The van der Waals surface area contributed by atoms with Crippen molar-refractivity contribution in [1.29, 1.82) is 0 Å². The van der Waals surface area contributed by atoms with Gasteiger partial charge in [0.2, 0.25) is 5.91 Å². The number of benzene rings is 3. The second kappa shape index (κ2) is 8.28. The van der Waals surface area contributed by atoms with E-state index in [0.717, 1.165) is 24.1 Å². The van der Waals surface area contributed by atoms with Gasteiger partial charge < -0.3 is 5.32 Å². The van der Waals surface area contributed by atoms with Gasteiger partial charge in [0.1, 0.15) is 5.82 Å². The van der Waals surface area contributed by atoms with E-state index < -0.39 is 10.0 Å². The number of fused-ring (bicyclic) bond motifs is 1. The van der Waals surface area contributed by atoms with Crippen LogP contribution >= 0.6 is 0 Å². The minimum atomic E-state index is -3.69. The van der Waals surface area contributed by atoms with Gasteiger partial charge in [-0.15, -0.1) is 0 Å². The molecule has 0 unspecified atom stereocenters. The van der Waals surface area contributed by atoms with Crippen LogP contribution in [-0.2, 0) is 27.7 Å². The Morgan fingerprint density at radius 2 is 1.67 bits per heavy atom. The summed E-state index contributed by atoms with van der Waals surface area (Å²) in [5.74, 6) is -0.616. The van der Waals surface area contributed by atoms with E-state index >= 15 is 0 Å². The van der Waals surface area contributed by atoms with Crippen LogP contribution in [0.3, 0.4) is 0 Å². The number of hydrogen-bond donors (Lipinski definition) is 1. The number of amides is 1. The minimum absolute atomic E-state index is 0.102. The van der Waals surface area contributed by atoms with Gasteiger partial charge in [-0.1, -0.05) is 30.3 Å². The molecule has 0 atom stereocenters. The number of carbonyl (C=O) groups excluding carboxylic acids is 1. The highest BCUT2D eigenvalue weighted by Gasteiger charge is 2.28. The number of nitrogens with zero attached hydrogens (tertiary/aromatic N) is 1. The minimum Gasteiger partial charge on any atom is -0.326 e. The van der Waals surface area contributed by atoms with Gasteiger partial charge in [0, 0.05) is 12.2 Å². The van der Waals surface area contributed by atoms with E-state index in [1.54, 1.807) is 24.3 Å². The Hall–Kier alpha value is -3.19. The first-order valence-electron chi connectivity index (χ1n) is 9.68. The van der Waals surface area contributed by atoms with Gasteiger partial charge in [-0.2, -0.15) is 0 Å². The Bertz CT molecular complexity index is 1160. The molecule has 1 aliphatic heterocycles. The fourth-order valence-corrected chi connectivity index (χ4v) is 5.12. The molecule has 0 fully saturated rings. The van der Waals surface area contributed by atoms with Crippen LogP contribution in [0.4, 0.5) is 15.8 Å². The Balaban J connectivity index is 1.48. The molecule has 0 saturated heterocycles. The van der Waals surface area contributed by atoms with Gasteiger partial charge in [0.25, 0.3) is 10.0 Å². The Morgan fingerprint density at radius 1 is 0.967 bits per heavy atom. The number of halogens is 1. The monoisotopic (exact) mass is 424 g/mol. The molecule has 3 aromatic carbocycles. The Kier molecular flexibility index (Phi) is 5.55. The van der Waals surface area contributed by atoms with Crippen molar-refractivity contribution in [1.82, 2.24) is 0 Å². The average Bonchev–Trinajstić information content (AvgIpc) is 2.75. The zero-order valence-electron chi connectivity index (χ0n) is 16.2. The largest absolute Gasteiger partial charge is 0.326 e. The van der Waals surface area contributed by atoms with Crippen LogP contribution in [0.25, 0.3) is 0 Å². The maximum atomic E-state index is 13.2. The predicted octanol–water partition coefficient (Wildman–Crippen LogP) is 4.15. The van der Waals surface area contributed by atoms with Crippen molar-refractivity contribution in [2.75, 3.05) is 16.2 Å². The van der Waals surface area contributed by atoms with Crippen molar-refractivity contribution in [2.24, 2.45) is 0 Å². The van der Waals surface area contributed by atoms with Crippen LogP contribution in [0.2, 0.25) is 0 Å². The quantitative estimate of drug-likeness (QED) is 0.669. The van der Waals surface area contributed by atoms with E-state index in [1.165, 1.54) is 28.6 Å². The first kappa shape index (κ1) is 20.1. The van der Waals surface area contributed by atoms with Crippen LogP contribution in [-0.4, -0.2) is 20.9 Å². The third kappa shape index (κ3) is 4.21. The fourth-order valence-electron chi connectivity index (χ4n) is 3.58. The maximum absolute atomic E-state index is 13.2. The highest BCUT2D eigenvalue weighted by Crippen LogP contribution is 2.32. The lowest BCUT2D eigenvalue weighted by Crippen LogP contribution is -2.35. The molecular formula is C23H21FN2O3S. The molecule has 0 bridgehead atoms. The summed E-state index contributed by atoms with van der Waals surface area (Å²) in [4.78, 5) is 12.4. The molecule has 154 valence electrons. The molecule has 5 nitrogen and oxygen atoms in total. The van der Waals surface area contributed by atoms with E-state index in [9.17, 15) is 17.6 Å². The number of aryl methyl sites for hydroxylation is 1. The summed E-state index contributed by atoms with van der Waals surface area (Å²) in [6.45, 7) is 0.440. The summed E-state index contributed by atoms with van der Waals surface area (Å²) in [6, 6.07) is 19.4. The second-order valence-corrected chi connectivity index (χ2v) is 9.05. The van der Waals surface area contributed by atoms with Crippen molar-refractivity contribution in [3.05, 3.63) is 89.7 Å². The molecule has 0 aromatic heterocycles. The number of nitrogens with one attached hydrogen (secondary N) is 1. The summed E-state index contributed by atoms with van der Waals surface area (Å²) < 4.78 is 40.7. The summed E-state index contributed by atoms with van der Waals surface area (Å²) in [7, 11) is -3.69. The molecule has 0 radical (unpaired) electrons. The maximum Gasteiger partial charge on any atom is 0.264 e. The number of hydrogen-bond acceptors (Lipinski definition) is 3. The van der Waals surface area contributed by atoms with Gasteiger partial charge in [0.05, 0.1) is 17.0 Å². The highest BCUT2D eigenvalue weighted by atomic mass is 32.2. The smallest absolute Gasteiger partial charge is 0.264 e. The van der Waals surface area contributed by atoms with Gasteiger partial charge >= 0.3 is 0 Å². The lowest BCUT2D eigenvalue weighted by molar-refractivity contribution is -0.115. The van der Waals surface area contributed by atoms with Gasteiger partial charge in [0.15, 0.2) is 0 Å². The molecule has 4 rings (SSSR count). The summed E-state index contributed by atoms with van der Waals surface area (Å²) >= 11 is 0. The van der Waals surface area contributed by atoms with E-state index in [0.29, 0.717) is 17.8 Å². The van der Waals surface area contributed by atoms with Crippen LogP contribution in [0, 0.1) is 5.82 Å². The molecule has 0 spiro atoms. The molecule has 1 amide bonds. The summed E-state index contributed by atoms with van der Waals surface area (Å²) in [5.41, 5.74) is 2.94. The zero-order valence-corrected chi connectivity index (χ0v) is 17.0. The topological polar surface area (TPSA) is 66.5 Å². The molecule has 7 heteroatoms. The zero-order chi connectivity index (χ0) is 21.1. The predicted molar refractivity (Wildman–Crippen MR) is 114 cm³/mol. The van der Waals surface area contributed by atoms with Gasteiger partial charge in [-0.05, 0) is 66.4 Å². The SMILES string of the molecule is O=C(Cc1ccc(F)cc1)Nc1ccc(S(=O)(=O)N2CCCc3ccccc32)cc1. The molecule has 0 saturated carbocycles. The van der Waals surface area contributed by atoms with Crippen molar-refractivity contribution in [3.63, 3.8) is 0 Å². The molecule has 3 aromatic rings. The number of anilines is 2. The summed E-state index contributed by atoms with van der Waals surface area (Å²) in [5, 5.41) is 2.74. The van der Waals surface area contributed by atoms with Crippen LogP contribution in [0.1, 0.15) is 17.5 Å². The molecule has 1 N–H and O–H groups in total. The lowest BCUT2D eigenvalue weighted by atomic mass is 10.0. The van der Waals surface area contributed by atoms with Crippen LogP contribution < -0.4 is 9.62 Å². The normalized spacial score (nSPS) is 13.6. The Morgan fingerprint density at radius 3 is 2.40 bits per heavy atom. The van der Waals surface area contributed by atoms with Crippen molar-refractivity contribution >= 4 is 27.3 Å². The first-order valence-corrected chi connectivity index (χ1v) is 11.1. The third-order valence-corrected chi connectivity index (χ3v) is 6.90. The number of rotatable bonds is 5. The number of sulfonamides is 1. The van der Waals surface area contributed by atoms with Crippen molar-refractivity contribution < 1.29 is 17.6 Å². The third-order valence-electron chi connectivity index (χ3n) is 5.07. The second-order valence-electron chi connectivity index (χ2n) is 7.19. The number of carbonyl (C=O) groups is 1. The van der Waals surface area contributed by atoms with Crippen LogP contribution in [0.5, 0.6) is 0 Å². The van der Waals surface area contributed by atoms with E-state index in [-0.39, 0.29) is 23.0 Å². The standard InChI is InChI=1S/C23H21FN2O3S/c24-19-9-7-17(8-10-19)16-23(27)25-20-11-13-21(14-12-20)30(28,29)26-15-3-5-18-4-1-2-6-22(18)26/h1-2,4,6-14H,3,5,15-16H2,(H,25,27). The van der Waals surface area contributed by atoms with Crippen molar-refractivity contribution in [3.8, 4) is 0 Å². The van der Waals surface area contributed by atoms with Crippen LogP contribution in [0.15, 0.2) is 77.7 Å². The number of para-hydroxylation sites is 1. The molecule has 1 heterocycles. The van der Waals surface area contributed by atoms with Crippen molar-refractivity contribution in [2.45, 2.75) is 24.2 Å². The van der Waals surface area contributed by atoms with E-state index in [1.807, 2.05) is 24.3 Å². The lowest BCUT2D eigenvalue weighted by Gasteiger charge is -2.30. The summed E-state index contributed by atoms with van der Waals surface area (Å²) in [6.07, 6.45) is 1.74. The average molecular weight is 424 g/mol. The first-order chi connectivity index (χ1) is 14.4.